The van der Waals surface area contributed by atoms with Crippen LogP contribution in [0.15, 0.2) is 59.7 Å². The molecule has 0 aliphatic carbocycles. The molecule has 4 N–H and O–H groups in total. The highest BCUT2D eigenvalue weighted by Gasteiger charge is 2.29. The third-order valence-electron chi connectivity index (χ3n) is 7.19. The number of alkyl halides is 3. The molecule has 2 heterocycles. The molecule has 1 amide bonds. The molecule has 0 saturated heterocycles. The number of carbonyl (C=O) groups is 3. The summed E-state index contributed by atoms with van der Waals surface area (Å²) in [7, 11) is 1.65. The van der Waals surface area contributed by atoms with Crippen molar-refractivity contribution in [2.45, 2.75) is 71.0 Å². The van der Waals surface area contributed by atoms with E-state index in [4.69, 9.17) is 14.6 Å². The number of amides is 1. The van der Waals surface area contributed by atoms with Crippen molar-refractivity contribution < 1.29 is 42.7 Å². The first kappa shape index (κ1) is 34.0. The number of ether oxygens (including phenoxy) is 1. The molecule has 236 valence electrons. The van der Waals surface area contributed by atoms with Crippen LogP contribution in [-0.2, 0) is 20.8 Å². The van der Waals surface area contributed by atoms with E-state index in [-0.39, 0.29) is 18.4 Å². The number of fused-ring (bicyclic) bond motifs is 1. The number of ketones is 1. The van der Waals surface area contributed by atoms with Gasteiger partial charge < -0.3 is 24.9 Å². The van der Waals surface area contributed by atoms with Crippen LogP contribution in [0.2, 0.25) is 0 Å². The summed E-state index contributed by atoms with van der Waals surface area (Å²) in [5, 5.41) is 15.1. The molecule has 2 aromatic carbocycles. The van der Waals surface area contributed by atoms with Crippen molar-refractivity contribution in [3.8, 4) is 5.75 Å². The summed E-state index contributed by atoms with van der Waals surface area (Å²) in [5.74, 6) is -1.10. The third kappa shape index (κ3) is 9.80. The highest BCUT2D eigenvalue weighted by molar-refractivity contribution is 5.94. The zero-order valence-electron chi connectivity index (χ0n) is 24.9. The first-order valence-electron chi connectivity index (χ1n) is 14.3. The van der Waals surface area contributed by atoms with Gasteiger partial charge >= 0.3 is 6.18 Å². The number of aromatic amines is 1. The molecule has 12 heteroatoms. The van der Waals surface area contributed by atoms with E-state index in [2.05, 4.69) is 32.7 Å². The number of aliphatic carboxylic acids is 1. The van der Waals surface area contributed by atoms with Gasteiger partial charge in [-0.1, -0.05) is 38.0 Å². The number of H-pyrrole nitrogens is 1. The molecule has 3 aromatic rings. The predicted molar refractivity (Wildman–Crippen MR) is 158 cm³/mol. The van der Waals surface area contributed by atoms with Gasteiger partial charge in [0, 0.05) is 35.0 Å². The number of nitrogens with zero attached hydrogens (tertiary/aromatic N) is 1. The largest absolute Gasteiger partial charge is 0.542 e. The number of methoxy groups -OCH3 is 1. The molecular weight excluding hydrogens is 577 g/mol. The first-order valence-corrected chi connectivity index (χ1v) is 14.3. The molecule has 0 unspecified atom stereocenters. The molecule has 0 spiro atoms. The number of halogens is 3. The number of amidine groups is 1. The smallest absolute Gasteiger partial charge is 0.430 e. The average Bonchev–Trinajstić information content (AvgIpc) is 3.61. The number of nitrogens with two attached hydrogens (primary N) is 1. The zero-order chi connectivity index (χ0) is 32.3. The Balaban J connectivity index is 0.000000676. The minimum Gasteiger partial charge on any atom is -0.542 e. The molecule has 0 saturated carbocycles. The number of unbranched alkanes of at least 4 members (excludes halogenated alkanes) is 2. The lowest BCUT2D eigenvalue weighted by atomic mass is 10.0. The zero-order valence-corrected chi connectivity index (χ0v) is 24.9. The molecule has 0 bridgehead atoms. The summed E-state index contributed by atoms with van der Waals surface area (Å²) in [4.78, 5) is 41.8. The number of benzene rings is 2. The van der Waals surface area contributed by atoms with E-state index in [0.717, 1.165) is 70.7 Å². The lowest BCUT2D eigenvalue weighted by Gasteiger charge is -2.17. The summed E-state index contributed by atoms with van der Waals surface area (Å²) in [6.07, 6.45) is 1.70. The second kappa shape index (κ2) is 15.9. The van der Waals surface area contributed by atoms with Crippen LogP contribution in [-0.4, -0.2) is 47.8 Å². The van der Waals surface area contributed by atoms with Gasteiger partial charge in [0.15, 0.2) is 5.70 Å². The van der Waals surface area contributed by atoms with E-state index < -0.39 is 12.1 Å². The number of carbonyl (C=O) groups excluding carboxylic acids is 3. The molecule has 0 radical (unpaired) electrons. The van der Waals surface area contributed by atoms with Gasteiger partial charge in [-0.05, 0) is 55.7 Å². The Kier molecular flexibility index (Phi) is 12.3. The number of hydrogen-bond acceptors (Lipinski definition) is 6. The SMILES string of the molecule is CCC(=O)CCCCC[C@H](NC(=O)Cc1c(C)[nH]c2ccc(OC)cc12)C1=NC=C(c2ccccc2)[NH2+]1.O=C([O-])C(F)(F)F. The van der Waals surface area contributed by atoms with Gasteiger partial charge in [-0.25, -0.2) is 4.99 Å². The van der Waals surface area contributed by atoms with Crippen molar-refractivity contribution in [1.29, 1.82) is 0 Å². The lowest BCUT2D eigenvalue weighted by molar-refractivity contribution is -0.434. The summed E-state index contributed by atoms with van der Waals surface area (Å²) >= 11 is 0. The quantitative estimate of drug-likeness (QED) is 0.252. The number of rotatable bonds is 13. The second-order valence-corrected chi connectivity index (χ2v) is 10.4. The Morgan fingerprint density at radius 1 is 1.09 bits per heavy atom. The first-order chi connectivity index (χ1) is 20.9. The monoisotopic (exact) mass is 614 g/mol. The van der Waals surface area contributed by atoms with Crippen LogP contribution in [0.1, 0.15) is 62.3 Å². The van der Waals surface area contributed by atoms with Gasteiger partial charge in [-0.2, -0.15) is 13.2 Å². The van der Waals surface area contributed by atoms with Gasteiger partial charge in [0.05, 0.1) is 19.7 Å². The van der Waals surface area contributed by atoms with Crippen LogP contribution < -0.4 is 20.5 Å². The van der Waals surface area contributed by atoms with Crippen molar-refractivity contribution in [2.75, 3.05) is 7.11 Å². The Labute approximate surface area is 253 Å². The number of quaternary nitrogens is 1. The summed E-state index contributed by atoms with van der Waals surface area (Å²) in [5.41, 5.74) is 5.09. The van der Waals surface area contributed by atoms with E-state index in [0.29, 0.717) is 18.6 Å². The van der Waals surface area contributed by atoms with Crippen LogP contribution in [0.5, 0.6) is 5.75 Å². The van der Waals surface area contributed by atoms with Crippen LogP contribution >= 0.6 is 0 Å². The Morgan fingerprint density at radius 3 is 2.43 bits per heavy atom. The van der Waals surface area contributed by atoms with E-state index in [9.17, 15) is 22.8 Å². The Bertz CT molecular complexity index is 1510. The standard InChI is InChI=1S/C30H36N4O3.C2HF3O2/c1-4-22(35)13-9-6-10-14-27(30-31-19-28(34-30)21-11-7-5-8-12-21)33-29(36)18-24-20(2)32-26-16-15-23(37-3)17-25(24)26;3-2(4,5)1(6)7/h5,7-8,11-12,15-17,19,27,32H,4,6,9-10,13-14,18H2,1-3H3,(H,31,34)(H,33,36);(H,6,7)/t27-;/m0./s1. The van der Waals surface area contributed by atoms with Gasteiger partial charge in [-0.15, -0.1) is 0 Å². The molecular formula is C32H37F3N4O5. The van der Waals surface area contributed by atoms with Crippen molar-refractivity contribution in [3.63, 3.8) is 0 Å². The Morgan fingerprint density at radius 2 is 1.80 bits per heavy atom. The van der Waals surface area contributed by atoms with Crippen molar-refractivity contribution in [2.24, 2.45) is 4.99 Å². The number of carboxylic acids is 1. The maximum Gasteiger partial charge on any atom is 0.430 e. The maximum atomic E-state index is 13.3. The van der Waals surface area contributed by atoms with Crippen LogP contribution in [0.25, 0.3) is 16.6 Å². The number of aromatic nitrogens is 1. The minimum atomic E-state index is -5.19. The molecule has 9 nitrogen and oxygen atoms in total. The number of Topliss-reactive ketones (excluding diaryl/α,β-unsaturated/α-hetero) is 1. The van der Waals surface area contributed by atoms with Crippen molar-refractivity contribution in [1.82, 2.24) is 10.3 Å². The average molecular weight is 615 g/mol. The fourth-order valence-electron chi connectivity index (χ4n) is 4.80. The van der Waals surface area contributed by atoms with Crippen LogP contribution in [0.3, 0.4) is 0 Å². The highest BCUT2D eigenvalue weighted by Crippen LogP contribution is 2.27. The predicted octanol–water partition coefficient (Wildman–Crippen LogP) is 3.71. The van der Waals surface area contributed by atoms with Gasteiger partial charge in [0.1, 0.15) is 23.5 Å². The molecule has 1 atom stereocenters. The second-order valence-electron chi connectivity index (χ2n) is 10.4. The third-order valence-corrected chi connectivity index (χ3v) is 7.19. The lowest BCUT2D eigenvalue weighted by Crippen LogP contribution is -2.87. The van der Waals surface area contributed by atoms with Crippen LogP contribution in [0, 0.1) is 6.92 Å². The van der Waals surface area contributed by atoms with E-state index in [1.54, 1.807) is 7.11 Å². The summed E-state index contributed by atoms with van der Waals surface area (Å²) in [6.45, 7) is 3.90. The molecule has 4 rings (SSSR count). The molecule has 44 heavy (non-hydrogen) atoms. The van der Waals surface area contributed by atoms with Gasteiger partial charge in [-0.3, -0.25) is 14.9 Å². The summed E-state index contributed by atoms with van der Waals surface area (Å²) in [6, 6.07) is 15.8. The van der Waals surface area contributed by atoms with E-state index >= 15 is 0 Å². The highest BCUT2D eigenvalue weighted by atomic mass is 19.4. The van der Waals surface area contributed by atoms with Gasteiger partial charge in [0.25, 0.3) is 0 Å². The minimum absolute atomic E-state index is 0.0396. The number of nitrogens with one attached hydrogen (secondary N) is 2. The molecule has 1 aliphatic rings. The number of carboxylic acid groups (broad SMARTS) is 1. The van der Waals surface area contributed by atoms with Crippen LogP contribution in [0.4, 0.5) is 13.2 Å². The Hall–Kier alpha value is -4.45. The summed E-state index contributed by atoms with van der Waals surface area (Å²) < 4.78 is 36.9. The van der Waals surface area contributed by atoms with Gasteiger partial charge in [0.2, 0.25) is 11.7 Å². The normalized spacial score (nSPS) is 13.4. The number of hydrogen-bond donors (Lipinski definition) is 3. The fourth-order valence-corrected chi connectivity index (χ4v) is 4.80. The van der Waals surface area contributed by atoms with E-state index in [1.807, 2.05) is 56.4 Å². The van der Waals surface area contributed by atoms with Crippen molar-refractivity contribution >= 4 is 40.1 Å². The van der Waals surface area contributed by atoms with E-state index in [1.165, 1.54) is 0 Å². The number of aliphatic imine (C=N–C) groups is 1. The van der Waals surface area contributed by atoms with Crippen molar-refractivity contribution in [3.05, 3.63) is 71.6 Å². The fraction of sp³-hybridized carbons (Fsp3) is 0.375. The molecule has 1 aromatic heterocycles. The molecule has 0 fully saturated rings. The molecule has 1 aliphatic heterocycles. The topological polar surface area (TPSA) is 140 Å². The maximum absolute atomic E-state index is 13.3. The number of aryl methyl sites for hydroxylation is 1.